The summed E-state index contributed by atoms with van der Waals surface area (Å²) in [6, 6.07) is 0. The van der Waals surface area contributed by atoms with Crippen LogP contribution in [-0.2, 0) is 4.79 Å². The Bertz CT molecular complexity index is 296. The molecule has 0 aromatic heterocycles. The minimum Gasteiger partial charge on any atom is -0.392 e. The number of rotatable bonds is 6. The maximum absolute atomic E-state index is 11.8. The lowest BCUT2D eigenvalue weighted by atomic mass is 9.99. The molecule has 0 aromatic carbocycles. The van der Waals surface area contributed by atoms with E-state index in [0.717, 1.165) is 13.0 Å². The molecule has 0 heterocycles. The quantitative estimate of drug-likeness (QED) is 0.766. The highest BCUT2D eigenvalue weighted by atomic mass is 16.3. The zero-order chi connectivity index (χ0) is 14.1. The third-order valence-electron chi connectivity index (χ3n) is 5.52. The van der Waals surface area contributed by atoms with Crippen LogP contribution >= 0.6 is 0 Å². The predicted octanol–water partition coefficient (Wildman–Crippen LogP) is 2.58. The van der Waals surface area contributed by atoms with E-state index < -0.39 is 6.10 Å². The Balaban J connectivity index is 2.31. The Labute approximate surface area is 111 Å². The fourth-order valence-electron chi connectivity index (χ4n) is 2.79. The molecule has 18 heavy (non-hydrogen) atoms. The van der Waals surface area contributed by atoms with Gasteiger partial charge in [0, 0.05) is 6.54 Å². The van der Waals surface area contributed by atoms with Crippen molar-refractivity contribution in [2.75, 3.05) is 6.54 Å². The van der Waals surface area contributed by atoms with Crippen LogP contribution in [0.4, 0.5) is 0 Å². The summed E-state index contributed by atoms with van der Waals surface area (Å²) in [6.45, 7) is 13.7. The molecule has 1 amide bonds. The van der Waals surface area contributed by atoms with Crippen LogP contribution in [0.1, 0.15) is 54.4 Å². The molecular formula is C15H29NO2. The van der Waals surface area contributed by atoms with Crippen LogP contribution in [0.15, 0.2) is 0 Å². The maximum Gasteiger partial charge on any atom is 0.222 e. The van der Waals surface area contributed by atoms with Gasteiger partial charge in [0.15, 0.2) is 0 Å². The van der Waals surface area contributed by atoms with Gasteiger partial charge in [-0.05, 0) is 22.7 Å². The van der Waals surface area contributed by atoms with E-state index >= 15 is 0 Å². The molecule has 1 aliphatic rings. The Kier molecular flexibility index (Phi) is 4.47. The number of hydrogen-bond donors (Lipinski definition) is 2. The number of aliphatic hydroxyl groups is 1. The van der Waals surface area contributed by atoms with Gasteiger partial charge in [0.05, 0.1) is 12.5 Å². The van der Waals surface area contributed by atoms with E-state index in [2.05, 4.69) is 33.0 Å². The van der Waals surface area contributed by atoms with Gasteiger partial charge in [-0.25, -0.2) is 0 Å². The average Bonchev–Trinajstić information content (AvgIpc) is 2.65. The summed E-state index contributed by atoms with van der Waals surface area (Å²) in [7, 11) is 0. The third kappa shape index (κ3) is 2.87. The summed E-state index contributed by atoms with van der Waals surface area (Å²) in [4.78, 5) is 11.8. The third-order valence-corrected chi connectivity index (χ3v) is 5.52. The molecule has 1 fully saturated rings. The minimum absolute atomic E-state index is 0.0266. The highest BCUT2D eigenvalue weighted by Crippen LogP contribution is 2.67. The van der Waals surface area contributed by atoms with E-state index in [4.69, 9.17) is 0 Å². The fourth-order valence-corrected chi connectivity index (χ4v) is 2.79. The smallest absolute Gasteiger partial charge is 0.222 e. The van der Waals surface area contributed by atoms with Crippen molar-refractivity contribution in [3.63, 3.8) is 0 Å². The van der Waals surface area contributed by atoms with E-state index in [1.54, 1.807) is 0 Å². The lowest BCUT2D eigenvalue weighted by molar-refractivity contribution is -0.123. The first-order valence-electron chi connectivity index (χ1n) is 7.09. The van der Waals surface area contributed by atoms with Gasteiger partial charge in [-0.2, -0.15) is 0 Å². The molecule has 3 nitrogen and oxygen atoms in total. The molecule has 0 aromatic rings. The first-order valence-corrected chi connectivity index (χ1v) is 7.09. The van der Waals surface area contributed by atoms with Crippen molar-refractivity contribution >= 4 is 5.91 Å². The van der Waals surface area contributed by atoms with Crippen LogP contribution in [0.5, 0.6) is 0 Å². The molecule has 1 saturated carbocycles. The van der Waals surface area contributed by atoms with Gasteiger partial charge in [-0.1, -0.05) is 48.0 Å². The second-order valence-corrected chi connectivity index (χ2v) is 6.96. The van der Waals surface area contributed by atoms with E-state index in [9.17, 15) is 9.90 Å². The first kappa shape index (κ1) is 15.5. The Morgan fingerprint density at radius 1 is 1.28 bits per heavy atom. The summed E-state index contributed by atoms with van der Waals surface area (Å²) in [6.07, 6.45) is 0.606. The van der Waals surface area contributed by atoms with Gasteiger partial charge >= 0.3 is 0 Å². The van der Waals surface area contributed by atoms with Crippen LogP contribution in [0.2, 0.25) is 0 Å². The van der Waals surface area contributed by atoms with Gasteiger partial charge in [0.2, 0.25) is 5.91 Å². The monoisotopic (exact) mass is 255 g/mol. The topological polar surface area (TPSA) is 49.3 Å². The van der Waals surface area contributed by atoms with Gasteiger partial charge in [0.25, 0.3) is 0 Å². The van der Waals surface area contributed by atoms with Crippen LogP contribution in [0, 0.1) is 22.7 Å². The molecule has 0 radical (unpaired) electrons. The summed E-state index contributed by atoms with van der Waals surface area (Å²) in [5.41, 5.74) is 0.602. The molecule has 2 unspecified atom stereocenters. The van der Waals surface area contributed by atoms with Crippen molar-refractivity contribution in [3.8, 4) is 0 Å². The zero-order valence-corrected chi connectivity index (χ0v) is 12.7. The van der Waals surface area contributed by atoms with Gasteiger partial charge in [-0.3, -0.25) is 4.79 Å². The van der Waals surface area contributed by atoms with Crippen molar-refractivity contribution < 1.29 is 9.90 Å². The lowest BCUT2D eigenvalue weighted by Crippen LogP contribution is -2.32. The van der Waals surface area contributed by atoms with Crippen molar-refractivity contribution in [1.29, 1.82) is 0 Å². The normalized spacial score (nSPS) is 24.4. The van der Waals surface area contributed by atoms with Crippen molar-refractivity contribution in [2.45, 2.75) is 60.5 Å². The number of amides is 1. The molecular weight excluding hydrogens is 226 g/mol. The second-order valence-electron chi connectivity index (χ2n) is 6.96. The maximum atomic E-state index is 11.8. The highest BCUT2D eigenvalue weighted by Gasteiger charge is 2.64. The Hall–Kier alpha value is -0.570. The SMILES string of the molecule is CCC(C)C(O)CC(=O)NCC1C(C)(C)C1(C)C. The number of nitrogens with one attached hydrogen (secondary N) is 1. The van der Waals surface area contributed by atoms with E-state index in [1.165, 1.54) is 0 Å². The molecule has 0 saturated heterocycles. The molecule has 0 bridgehead atoms. The highest BCUT2D eigenvalue weighted by molar-refractivity contribution is 5.76. The first-order chi connectivity index (χ1) is 8.14. The van der Waals surface area contributed by atoms with Crippen LogP contribution < -0.4 is 5.32 Å². The second kappa shape index (κ2) is 5.20. The van der Waals surface area contributed by atoms with Crippen molar-refractivity contribution in [2.24, 2.45) is 22.7 Å². The standard InChI is InChI=1S/C15H29NO2/c1-7-10(2)11(17)8-13(18)16-9-12-14(3,4)15(12,5)6/h10-12,17H,7-9H2,1-6H3,(H,16,18). The van der Waals surface area contributed by atoms with Gasteiger partial charge in [-0.15, -0.1) is 0 Å². The molecule has 2 N–H and O–H groups in total. The van der Waals surface area contributed by atoms with Crippen LogP contribution in [-0.4, -0.2) is 23.7 Å². The van der Waals surface area contributed by atoms with Crippen molar-refractivity contribution in [3.05, 3.63) is 0 Å². The van der Waals surface area contributed by atoms with Gasteiger partial charge in [0.1, 0.15) is 0 Å². The van der Waals surface area contributed by atoms with E-state index in [0.29, 0.717) is 16.7 Å². The molecule has 0 spiro atoms. The lowest BCUT2D eigenvalue weighted by Gasteiger charge is -2.16. The Morgan fingerprint density at radius 3 is 2.17 bits per heavy atom. The average molecular weight is 255 g/mol. The minimum atomic E-state index is -0.518. The zero-order valence-electron chi connectivity index (χ0n) is 12.7. The fraction of sp³-hybridized carbons (Fsp3) is 0.933. The summed E-state index contributed by atoms with van der Waals surface area (Å²) >= 11 is 0. The molecule has 2 atom stereocenters. The summed E-state index contributed by atoms with van der Waals surface area (Å²) < 4.78 is 0. The van der Waals surface area contributed by atoms with Gasteiger partial charge < -0.3 is 10.4 Å². The van der Waals surface area contributed by atoms with Crippen LogP contribution in [0.25, 0.3) is 0 Å². The van der Waals surface area contributed by atoms with Crippen molar-refractivity contribution in [1.82, 2.24) is 5.32 Å². The molecule has 0 aliphatic heterocycles. The largest absolute Gasteiger partial charge is 0.392 e. The molecule has 1 aliphatic carbocycles. The molecule has 3 heteroatoms. The number of aliphatic hydroxyl groups excluding tert-OH is 1. The van der Waals surface area contributed by atoms with Crippen LogP contribution in [0.3, 0.4) is 0 Å². The molecule has 106 valence electrons. The number of hydrogen-bond acceptors (Lipinski definition) is 2. The van der Waals surface area contributed by atoms with E-state index in [-0.39, 0.29) is 18.2 Å². The predicted molar refractivity (Wildman–Crippen MR) is 74.1 cm³/mol. The van der Waals surface area contributed by atoms with E-state index in [1.807, 2.05) is 13.8 Å². The number of carbonyl (C=O) groups excluding carboxylic acids is 1. The summed E-state index contributed by atoms with van der Waals surface area (Å²) in [5, 5.41) is 12.8. The summed E-state index contributed by atoms with van der Waals surface area (Å²) in [5.74, 6) is 0.695. The Morgan fingerprint density at radius 2 is 1.78 bits per heavy atom. The number of carbonyl (C=O) groups is 1. The molecule has 1 rings (SSSR count).